The number of likely N-dealkylation sites (N-methyl/N-ethyl adjacent to an activating group) is 1. The average Bonchev–Trinajstić information content (AvgIpc) is 3.20. The lowest BCUT2D eigenvalue weighted by Gasteiger charge is -2.50. The van der Waals surface area contributed by atoms with Crippen molar-refractivity contribution in [2.75, 3.05) is 39.8 Å². The molecule has 24 heteroatoms. The minimum atomic E-state index is -1.85. The van der Waals surface area contributed by atoms with Gasteiger partial charge in [-0.05, 0) is 135 Å². The SMILES string of the molecule is CN(C(=O)OC(C)(C)C)[C@@H]1[C@@H](O)[C@@H](O[C@@H]2[C@@H](O)[C@H](O[C@H]3OC(CN)=CC[C@H]3NCCCCNC(=O)OC(C)(C)C)[C@@H](NC(=O)OC(C)(C)C)C[C@H]2NC(=O)[C@@H](O)CCNC(=O)OC(C)(C)C)OC[C@]1(C)O. The fraction of sp³-hybridized carbons (Fsp3) is 0.851. The first-order valence-electron chi connectivity index (χ1n) is 24.3. The lowest BCUT2D eigenvalue weighted by Crippen LogP contribution is -2.70. The molecule has 3 rings (SSSR count). The van der Waals surface area contributed by atoms with E-state index in [-0.39, 0.29) is 25.9 Å². The fourth-order valence-corrected chi connectivity index (χ4v) is 7.93. The largest absolute Gasteiger partial charge is 0.467 e. The number of aliphatic hydroxyl groups is 4. The molecule has 71 heavy (non-hydrogen) atoms. The van der Waals surface area contributed by atoms with Gasteiger partial charge in [0.15, 0.2) is 6.29 Å². The van der Waals surface area contributed by atoms with E-state index in [9.17, 15) is 44.4 Å². The second-order valence-electron chi connectivity index (χ2n) is 22.4. The van der Waals surface area contributed by atoms with Gasteiger partial charge in [0.1, 0.15) is 64.3 Å². The van der Waals surface area contributed by atoms with Crippen LogP contribution in [0, 0.1) is 0 Å². The van der Waals surface area contributed by atoms with Crippen LogP contribution in [0.5, 0.6) is 0 Å². The monoisotopic (exact) mass is 1020 g/mol. The summed E-state index contributed by atoms with van der Waals surface area (Å²) in [5.41, 5.74) is 0.813. The Labute approximate surface area is 418 Å². The summed E-state index contributed by atoms with van der Waals surface area (Å²) in [4.78, 5) is 66.0. The van der Waals surface area contributed by atoms with Crippen LogP contribution in [-0.2, 0) is 42.7 Å². The summed E-state index contributed by atoms with van der Waals surface area (Å²) in [6, 6.07) is -4.40. The van der Waals surface area contributed by atoms with Gasteiger partial charge in [0.2, 0.25) is 12.2 Å². The minimum absolute atomic E-state index is 0.00474. The molecule has 2 fully saturated rings. The van der Waals surface area contributed by atoms with Crippen LogP contribution in [0.1, 0.15) is 122 Å². The molecule has 1 saturated carbocycles. The molecule has 0 aromatic carbocycles. The zero-order valence-electron chi connectivity index (χ0n) is 44.1. The third-order valence-electron chi connectivity index (χ3n) is 10.9. The van der Waals surface area contributed by atoms with Gasteiger partial charge >= 0.3 is 24.4 Å². The Balaban J connectivity index is 2.00. The number of ether oxygens (including phenoxy) is 8. The number of carbonyl (C=O) groups is 5. The van der Waals surface area contributed by atoms with Crippen molar-refractivity contribution in [2.24, 2.45) is 5.73 Å². The molecule has 12 atom stereocenters. The Morgan fingerprint density at radius 1 is 0.746 bits per heavy atom. The zero-order chi connectivity index (χ0) is 53.9. The van der Waals surface area contributed by atoms with Crippen LogP contribution in [0.25, 0.3) is 0 Å². The Morgan fingerprint density at radius 2 is 1.25 bits per heavy atom. The van der Waals surface area contributed by atoms with Crippen molar-refractivity contribution < 1.29 is 82.3 Å². The van der Waals surface area contributed by atoms with Gasteiger partial charge in [-0.25, -0.2) is 19.2 Å². The average molecular weight is 1020 g/mol. The summed E-state index contributed by atoms with van der Waals surface area (Å²) < 4.78 is 46.8. The lowest BCUT2D eigenvalue weighted by atomic mass is 9.82. The molecule has 410 valence electrons. The van der Waals surface area contributed by atoms with Gasteiger partial charge in [0.05, 0.1) is 37.3 Å². The van der Waals surface area contributed by atoms with Crippen LogP contribution in [0.15, 0.2) is 11.8 Å². The third-order valence-corrected chi connectivity index (χ3v) is 10.9. The van der Waals surface area contributed by atoms with Crippen molar-refractivity contribution in [2.45, 2.75) is 217 Å². The quantitative estimate of drug-likeness (QED) is 0.0690. The maximum Gasteiger partial charge on any atom is 0.410 e. The van der Waals surface area contributed by atoms with Gasteiger partial charge in [-0.1, -0.05) is 0 Å². The molecule has 11 N–H and O–H groups in total. The molecule has 0 aromatic heterocycles. The van der Waals surface area contributed by atoms with Gasteiger partial charge in [-0.3, -0.25) is 4.79 Å². The predicted molar refractivity (Wildman–Crippen MR) is 256 cm³/mol. The molecular formula is C47H85N7O17. The predicted octanol–water partition coefficient (Wildman–Crippen LogP) is 1.73. The zero-order valence-corrected chi connectivity index (χ0v) is 44.1. The second kappa shape index (κ2) is 25.6. The maximum atomic E-state index is 13.8. The molecule has 1 saturated heterocycles. The number of unbranched alkanes of at least 4 members (excludes halogenated alkanes) is 1. The molecule has 2 heterocycles. The van der Waals surface area contributed by atoms with Crippen molar-refractivity contribution in [1.82, 2.24) is 31.5 Å². The van der Waals surface area contributed by atoms with E-state index in [1.807, 2.05) is 0 Å². The first kappa shape index (κ1) is 61.0. The number of hydrogen-bond donors (Lipinski definition) is 10. The summed E-state index contributed by atoms with van der Waals surface area (Å²) in [5.74, 6) is -0.567. The summed E-state index contributed by atoms with van der Waals surface area (Å²) >= 11 is 0. The van der Waals surface area contributed by atoms with Crippen molar-refractivity contribution in [1.29, 1.82) is 0 Å². The molecule has 0 bridgehead atoms. The number of nitrogens with zero attached hydrogens (tertiary/aromatic N) is 1. The number of rotatable bonds is 18. The number of nitrogens with two attached hydrogens (primary N) is 1. The number of alkyl carbamates (subject to hydrolysis) is 3. The Hall–Kier alpha value is -4.27. The Morgan fingerprint density at radius 3 is 1.80 bits per heavy atom. The lowest BCUT2D eigenvalue weighted by molar-refractivity contribution is -0.311. The number of amides is 5. The summed E-state index contributed by atoms with van der Waals surface area (Å²) in [6.07, 6.45) is -11.4. The highest BCUT2D eigenvalue weighted by molar-refractivity contribution is 5.81. The normalized spacial score (nSPS) is 28.7. The minimum Gasteiger partial charge on any atom is -0.467 e. The molecule has 24 nitrogen and oxygen atoms in total. The molecule has 0 radical (unpaired) electrons. The highest BCUT2D eigenvalue weighted by Crippen LogP contribution is 2.35. The first-order chi connectivity index (χ1) is 32.6. The molecule has 3 aliphatic rings. The van der Waals surface area contributed by atoms with Crippen molar-refractivity contribution in [3.8, 4) is 0 Å². The van der Waals surface area contributed by atoms with Crippen molar-refractivity contribution in [3.63, 3.8) is 0 Å². The highest BCUT2D eigenvalue weighted by atomic mass is 16.7. The maximum absolute atomic E-state index is 13.8. The highest BCUT2D eigenvalue weighted by Gasteiger charge is 2.55. The number of aliphatic hydroxyl groups excluding tert-OH is 3. The van der Waals surface area contributed by atoms with E-state index in [0.29, 0.717) is 38.1 Å². The molecule has 0 aromatic rings. The molecule has 0 spiro atoms. The fourth-order valence-electron chi connectivity index (χ4n) is 7.93. The van der Waals surface area contributed by atoms with Gasteiger partial charge in [-0.15, -0.1) is 0 Å². The molecule has 1 aliphatic carbocycles. The molecular weight excluding hydrogens is 935 g/mol. The van der Waals surface area contributed by atoms with Gasteiger partial charge in [0.25, 0.3) is 0 Å². The van der Waals surface area contributed by atoms with Gasteiger partial charge in [-0.2, -0.15) is 0 Å². The number of nitrogens with one attached hydrogen (secondary N) is 5. The summed E-state index contributed by atoms with van der Waals surface area (Å²) in [6.45, 7) is 21.8. The van der Waals surface area contributed by atoms with Crippen molar-refractivity contribution >= 4 is 30.3 Å². The van der Waals surface area contributed by atoms with Crippen LogP contribution >= 0.6 is 0 Å². The van der Waals surface area contributed by atoms with E-state index < -0.39 is 132 Å². The van der Waals surface area contributed by atoms with Crippen LogP contribution in [0.3, 0.4) is 0 Å². The van der Waals surface area contributed by atoms with E-state index in [2.05, 4.69) is 26.6 Å². The molecule has 0 unspecified atom stereocenters. The van der Waals surface area contributed by atoms with E-state index in [4.69, 9.17) is 43.6 Å². The van der Waals surface area contributed by atoms with Gasteiger partial charge in [0, 0.05) is 20.1 Å². The van der Waals surface area contributed by atoms with Crippen LogP contribution < -0.4 is 32.3 Å². The van der Waals surface area contributed by atoms with Crippen molar-refractivity contribution in [3.05, 3.63) is 11.8 Å². The van der Waals surface area contributed by atoms with E-state index in [1.165, 1.54) is 14.0 Å². The van der Waals surface area contributed by atoms with Crippen LogP contribution in [0.2, 0.25) is 0 Å². The topological polar surface area (TPSA) is 330 Å². The Bertz CT molecular complexity index is 1790. The third kappa shape index (κ3) is 20.6. The van der Waals surface area contributed by atoms with Gasteiger partial charge < -0.3 is 95.5 Å². The second-order valence-corrected chi connectivity index (χ2v) is 22.4. The van der Waals surface area contributed by atoms with Crippen LogP contribution in [0.4, 0.5) is 19.2 Å². The number of carbonyl (C=O) groups excluding carboxylic acids is 5. The molecule has 2 aliphatic heterocycles. The smallest absolute Gasteiger partial charge is 0.410 e. The standard InChI is InChI=1S/C47H85N7O17/c1-43(2,3)68-39(59)50-21-16-15-20-49-27-18-17-26(24-48)65-37(27)66-34-29(53-41(61)70-45(7,8)9)23-28(52-36(58)30(55)19-22-51-40(60)69-44(4,5)6)33(31(34)56)67-38-32(57)35(47(13,63)25-64-38)54(14)42(62)71-46(10,11)12/h17,27-35,37-38,49,55-57,63H,15-16,18-25,48H2,1-14H3,(H,50,59)(H,51,60)(H,52,58)(H,53,61)/t27-,28-,29+,30+,31-,32-,33+,34-,35-,37-,38-,47+/m1/s1. The summed E-state index contributed by atoms with van der Waals surface area (Å²) in [7, 11) is 1.33. The van der Waals surface area contributed by atoms with Crippen LogP contribution in [-0.4, -0.2) is 191 Å². The molecule has 5 amide bonds. The summed E-state index contributed by atoms with van der Waals surface area (Å²) in [5, 5.41) is 61.0. The Kier molecular flexibility index (Phi) is 22.0. The first-order valence-corrected chi connectivity index (χ1v) is 24.3. The van der Waals surface area contributed by atoms with E-state index >= 15 is 0 Å². The van der Waals surface area contributed by atoms with E-state index in [0.717, 1.165) is 4.90 Å². The number of hydrogen-bond acceptors (Lipinski definition) is 19. The van der Waals surface area contributed by atoms with E-state index in [1.54, 1.807) is 89.2 Å².